The Morgan fingerprint density at radius 3 is 2.50 bits per heavy atom. The molecule has 0 saturated carbocycles. The maximum absolute atomic E-state index is 11.6. The molecule has 1 rings (SSSR count). The van der Waals surface area contributed by atoms with Crippen LogP contribution in [-0.4, -0.2) is 39.2 Å². The Morgan fingerprint density at radius 1 is 1.28 bits per heavy atom. The van der Waals surface area contributed by atoms with Gasteiger partial charge in [-0.05, 0) is 26.4 Å². The van der Waals surface area contributed by atoms with Gasteiger partial charge in [-0.25, -0.2) is 4.79 Å². The molecule has 0 aromatic carbocycles. The maximum Gasteiger partial charge on any atom is 0.331 e. The Labute approximate surface area is 106 Å². The Kier molecular flexibility index (Phi) is 5.15. The molecule has 0 fully saturated rings. The Balaban J connectivity index is 2.89. The molecule has 102 valence electrons. The van der Waals surface area contributed by atoms with Crippen LogP contribution in [-0.2, 0) is 6.54 Å². The van der Waals surface area contributed by atoms with Crippen molar-refractivity contribution in [2.45, 2.75) is 33.7 Å². The molecular weight excluding hydrogens is 234 g/mol. The first-order valence-corrected chi connectivity index (χ1v) is 6.26. The van der Waals surface area contributed by atoms with Crippen LogP contribution < -0.4 is 11.2 Å². The highest BCUT2D eigenvalue weighted by atomic mass is 16.3. The molecule has 6 nitrogen and oxygen atoms in total. The molecule has 1 heterocycles. The summed E-state index contributed by atoms with van der Waals surface area (Å²) in [6.45, 7) is 8.53. The van der Waals surface area contributed by atoms with Crippen molar-refractivity contribution in [1.29, 1.82) is 0 Å². The molecule has 1 aromatic heterocycles. The summed E-state index contributed by atoms with van der Waals surface area (Å²) in [5.74, 6) is -0.240. The summed E-state index contributed by atoms with van der Waals surface area (Å²) in [5.41, 5.74) is -0.918. The van der Waals surface area contributed by atoms with Crippen molar-refractivity contribution in [2.24, 2.45) is 0 Å². The van der Waals surface area contributed by atoms with Crippen molar-refractivity contribution in [3.8, 4) is 5.88 Å². The van der Waals surface area contributed by atoms with Crippen molar-refractivity contribution in [2.75, 3.05) is 19.6 Å². The molecule has 1 aromatic rings. The van der Waals surface area contributed by atoms with Crippen LogP contribution in [0.2, 0.25) is 0 Å². The minimum absolute atomic E-state index is 0.174. The first kappa shape index (κ1) is 14.5. The fourth-order valence-electron chi connectivity index (χ4n) is 1.85. The molecule has 0 unspecified atom stereocenters. The van der Waals surface area contributed by atoms with Crippen LogP contribution in [0, 0.1) is 6.92 Å². The monoisotopic (exact) mass is 255 g/mol. The van der Waals surface area contributed by atoms with E-state index >= 15 is 0 Å². The number of aromatic amines is 1. The van der Waals surface area contributed by atoms with Crippen molar-refractivity contribution in [3.63, 3.8) is 0 Å². The molecule has 0 radical (unpaired) electrons. The normalized spacial score (nSPS) is 11.1. The van der Waals surface area contributed by atoms with Gasteiger partial charge in [0.05, 0.1) is 5.56 Å². The van der Waals surface area contributed by atoms with Crippen LogP contribution in [0.5, 0.6) is 5.88 Å². The van der Waals surface area contributed by atoms with Gasteiger partial charge in [-0.3, -0.25) is 14.3 Å². The largest absolute Gasteiger partial charge is 0.494 e. The van der Waals surface area contributed by atoms with E-state index < -0.39 is 11.2 Å². The van der Waals surface area contributed by atoms with Gasteiger partial charge in [0, 0.05) is 13.1 Å². The number of aromatic hydroxyl groups is 1. The van der Waals surface area contributed by atoms with Gasteiger partial charge in [-0.2, -0.15) is 0 Å². The van der Waals surface area contributed by atoms with E-state index in [1.165, 1.54) is 11.5 Å². The third kappa shape index (κ3) is 3.22. The first-order valence-electron chi connectivity index (χ1n) is 6.26. The molecule has 18 heavy (non-hydrogen) atoms. The van der Waals surface area contributed by atoms with Gasteiger partial charge in [0.25, 0.3) is 5.56 Å². The third-order valence-electron chi connectivity index (χ3n) is 3.02. The molecule has 0 bridgehead atoms. The summed E-state index contributed by atoms with van der Waals surface area (Å²) in [6, 6.07) is 0. The predicted molar refractivity (Wildman–Crippen MR) is 70.1 cm³/mol. The third-order valence-corrected chi connectivity index (χ3v) is 3.02. The van der Waals surface area contributed by atoms with E-state index in [1.807, 2.05) is 0 Å². The van der Waals surface area contributed by atoms with Crippen LogP contribution in [0.25, 0.3) is 0 Å². The lowest BCUT2D eigenvalue weighted by Crippen LogP contribution is -2.35. The molecule has 0 aliphatic carbocycles. The van der Waals surface area contributed by atoms with Gasteiger partial charge in [0.2, 0.25) is 5.88 Å². The SMILES string of the molecule is CCCN(CC)CCn1c(O)c(C)c(=O)[nH]c1=O. The molecule has 0 spiro atoms. The second-order valence-corrected chi connectivity index (χ2v) is 4.29. The summed E-state index contributed by atoms with van der Waals surface area (Å²) >= 11 is 0. The molecule has 0 amide bonds. The Bertz CT molecular complexity index is 504. The highest BCUT2D eigenvalue weighted by molar-refractivity contribution is 5.20. The van der Waals surface area contributed by atoms with E-state index in [2.05, 4.69) is 23.7 Å². The minimum Gasteiger partial charge on any atom is -0.494 e. The van der Waals surface area contributed by atoms with Gasteiger partial charge in [0.15, 0.2) is 0 Å². The average Bonchev–Trinajstić information content (AvgIpc) is 2.34. The number of hydrogen-bond donors (Lipinski definition) is 2. The van der Waals surface area contributed by atoms with E-state index in [0.29, 0.717) is 13.1 Å². The fraction of sp³-hybridized carbons (Fsp3) is 0.667. The highest BCUT2D eigenvalue weighted by Crippen LogP contribution is 2.07. The van der Waals surface area contributed by atoms with Crippen LogP contribution in [0.4, 0.5) is 0 Å². The quantitative estimate of drug-likeness (QED) is 0.765. The van der Waals surface area contributed by atoms with Crippen molar-refractivity contribution < 1.29 is 5.11 Å². The zero-order valence-corrected chi connectivity index (χ0v) is 11.2. The lowest BCUT2D eigenvalue weighted by molar-refractivity contribution is 0.266. The average molecular weight is 255 g/mol. The molecule has 0 aliphatic rings. The lowest BCUT2D eigenvalue weighted by atomic mass is 10.3. The molecule has 6 heteroatoms. The smallest absolute Gasteiger partial charge is 0.331 e. The van der Waals surface area contributed by atoms with Crippen LogP contribution in [0.3, 0.4) is 0 Å². The molecule has 0 saturated heterocycles. The number of aromatic nitrogens is 2. The lowest BCUT2D eigenvalue weighted by Gasteiger charge is -2.20. The molecule has 2 N–H and O–H groups in total. The molecule has 0 aliphatic heterocycles. The minimum atomic E-state index is -0.560. The number of likely N-dealkylation sites (N-methyl/N-ethyl adjacent to an activating group) is 1. The van der Waals surface area contributed by atoms with Gasteiger partial charge >= 0.3 is 5.69 Å². The van der Waals surface area contributed by atoms with Crippen molar-refractivity contribution >= 4 is 0 Å². The summed E-state index contributed by atoms with van der Waals surface area (Å²) in [5, 5.41) is 9.80. The van der Waals surface area contributed by atoms with E-state index in [1.54, 1.807) is 0 Å². The standard InChI is InChI=1S/C12H21N3O3/c1-4-6-14(5-2)7-8-15-11(17)9(3)10(16)13-12(15)18/h17H,4-8H2,1-3H3,(H,13,16,18). The number of H-pyrrole nitrogens is 1. The van der Waals surface area contributed by atoms with E-state index in [4.69, 9.17) is 0 Å². The van der Waals surface area contributed by atoms with Gasteiger partial charge < -0.3 is 10.0 Å². The Hall–Kier alpha value is -1.56. The zero-order valence-electron chi connectivity index (χ0n) is 11.2. The van der Waals surface area contributed by atoms with E-state index in [0.717, 1.165) is 19.5 Å². The van der Waals surface area contributed by atoms with Crippen LogP contribution >= 0.6 is 0 Å². The van der Waals surface area contributed by atoms with Crippen LogP contribution in [0.1, 0.15) is 25.8 Å². The van der Waals surface area contributed by atoms with Crippen molar-refractivity contribution in [1.82, 2.24) is 14.5 Å². The second kappa shape index (κ2) is 6.39. The van der Waals surface area contributed by atoms with E-state index in [-0.39, 0.29) is 11.4 Å². The summed E-state index contributed by atoms with van der Waals surface area (Å²) in [4.78, 5) is 27.3. The fourth-order valence-corrected chi connectivity index (χ4v) is 1.85. The number of nitrogens with zero attached hydrogens (tertiary/aromatic N) is 2. The van der Waals surface area contributed by atoms with Gasteiger partial charge in [0.1, 0.15) is 0 Å². The van der Waals surface area contributed by atoms with Gasteiger partial charge in [-0.15, -0.1) is 0 Å². The van der Waals surface area contributed by atoms with E-state index in [9.17, 15) is 14.7 Å². The summed E-state index contributed by atoms with van der Waals surface area (Å²) in [6.07, 6.45) is 1.04. The molecular formula is C12H21N3O3. The first-order chi connectivity index (χ1) is 8.51. The number of nitrogens with one attached hydrogen (secondary N) is 1. The number of hydrogen-bond acceptors (Lipinski definition) is 4. The van der Waals surface area contributed by atoms with Crippen molar-refractivity contribution in [3.05, 3.63) is 26.4 Å². The topological polar surface area (TPSA) is 78.3 Å². The predicted octanol–water partition coefficient (Wildman–Crippen LogP) is 0.283. The zero-order chi connectivity index (χ0) is 13.7. The van der Waals surface area contributed by atoms with Crippen LogP contribution in [0.15, 0.2) is 9.59 Å². The Morgan fingerprint density at radius 2 is 1.94 bits per heavy atom. The number of rotatable bonds is 6. The highest BCUT2D eigenvalue weighted by Gasteiger charge is 2.11. The summed E-state index contributed by atoms with van der Waals surface area (Å²) < 4.78 is 1.20. The molecule has 0 atom stereocenters. The van der Waals surface area contributed by atoms with Gasteiger partial charge in [-0.1, -0.05) is 13.8 Å². The maximum atomic E-state index is 11.6. The second-order valence-electron chi connectivity index (χ2n) is 4.29. The summed E-state index contributed by atoms with van der Waals surface area (Å²) in [7, 11) is 0.